The minimum Gasteiger partial charge on any atom is -0.506 e. The van der Waals surface area contributed by atoms with E-state index >= 15 is 0 Å². The minimum atomic E-state index is 0.0417. The fourth-order valence-electron chi connectivity index (χ4n) is 3.53. The number of aromatic nitrogens is 2. The number of anilines is 1. The van der Waals surface area contributed by atoms with E-state index < -0.39 is 0 Å². The van der Waals surface area contributed by atoms with E-state index in [2.05, 4.69) is 34.5 Å². The zero-order valence-electron chi connectivity index (χ0n) is 14.7. The maximum Gasteiger partial charge on any atom is 0.258 e. The van der Waals surface area contributed by atoms with Gasteiger partial charge in [0.05, 0.1) is 5.69 Å². The summed E-state index contributed by atoms with van der Waals surface area (Å²) in [6, 6.07) is 11.5. The number of hydrogen-bond acceptors (Lipinski definition) is 6. The molecule has 3 aromatic rings. The Morgan fingerprint density at radius 3 is 3.00 bits per heavy atom. The summed E-state index contributed by atoms with van der Waals surface area (Å²) in [5.41, 5.74) is 10.4. The Bertz CT molecular complexity index is 935. The number of rotatable bonds is 5. The second kappa shape index (κ2) is 6.80. The van der Waals surface area contributed by atoms with Gasteiger partial charge in [-0.2, -0.15) is 4.98 Å². The highest BCUT2D eigenvalue weighted by molar-refractivity contribution is 5.68. The predicted molar refractivity (Wildman–Crippen MR) is 101 cm³/mol. The summed E-state index contributed by atoms with van der Waals surface area (Å²) < 4.78 is 5.44. The summed E-state index contributed by atoms with van der Waals surface area (Å²) in [5.74, 6) is 1.02. The molecule has 6 heteroatoms. The van der Waals surface area contributed by atoms with Gasteiger partial charge in [-0.1, -0.05) is 30.3 Å². The Morgan fingerprint density at radius 1 is 1.31 bits per heavy atom. The smallest absolute Gasteiger partial charge is 0.258 e. The van der Waals surface area contributed by atoms with E-state index in [-0.39, 0.29) is 11.4 Å². The molecule has 0 spiro atoms. The van der Waals surface area contributed by atoms with Crippen LogP contribution in [0.15, 0.2) is 40.9 Å². The number of hydrogen-bond donors (Lipinski definition) is 3. The van der Waals surface area contributed by atoms with Crippen LogP contribution in [0.2, 0.25) is 0 Å². The van der Waals surface area contributed by atoms with Gasteiger partial charge in [0.2, 0.25) is 5.82 Å². The van der Waals surface area contributed by atoms with E-state index in [1.807, 2.05) is 6.07 Å². The van der Waals surface area contributed by atoms with Crippen molar-refractivity contribution in [3.05, 3.63) is 47.5 Å². The van der Waals surface area contributed by atoms with Gasteiger partial charge in [-0.15, -0.1) is 0 Å². The lowest BCUT2D eigenvalue weighted by Crippen LogP contribution is -2.19. The molecule has 0 unspecified atom stereocenters. The molecule has 0 fully saturated rings. The third-order valence-corrected chi connectivity index (χ3v) is 4.85. The van der Waals surface area contributed by atoms with Crippen LogP contribution < -0.4 is 11.1 Å². The molecule has 134 valence electrons. The van der Waals surface area contributed by atoms with Gasteiger partial charge in [0, 0.05) is 17.2 Å². The first-order valence-corrected chi connectivity index (χ1v) is 8.95. The summed E-state index contributed by atoms with van der Waals surface area (Å²) in [4.78, 5) is 4.55. The molecule has 0 amide bonds. The molecule has 0 saturated carbocycles. The van der Waals surface area contributed by atoms with Crippen molar-refractivity contribution in [2.75, 3.05) is 12.3 Å². The van der Waals surface area contributed by atoms with Crippen molar-refractivity contribution >= 4 is 5.69 Å². The largest absolute Gasteiger partial charge is 0.506 e. The van der Waals surface area contributed by atoms with Crippen LogP contribution in [0.4, 0.5) is 5.69 Å². The molecule has 4 N–H and O–H groups in total. The SMILES string of the molecule is CCCN[C@H]1CCc2c(-c3noc(-c4ccc(O)c(N)c4)n3)cccc21. The first-order valence-electron chi connectivity index (χ1n) is 8.95. The molecular formula is C20H22N4O2. The third kappa shape index (κ3) is 2.93. The molecule has 1 aliphatic carbocycles. The standard InChI is InChI=1S/C20H22N4O2/c1-2-10-22-17-8-7-13-14(17)4-3-5-15(13)19-23-20(26-24-19)12-6-9-18(25)16(21)11-12/h3-6,9,11,17,22,25H,2,7-8,10,21H2,1H3/t17-/m0/s1. The van der Waals surface area contributed by atoms with Gasteiger partial charge in [-0.25, -0.2) is 0 Å². The average Bonchev–Trinajstić information content (AvgIpc) is 3.29. The highest BCUT2D eigenvalue weighted by Gasteiger charge is 2.26. The van der Waals surface area contributed by atoms with Crippen LogP contribution in [-0.4, -0.2) is 21.8 Å². The lowest BCUT2D eigenvalue weighted by molar-refractivity contribution is 0.432. The molecule has 1 aromatic heterocycles. The summed E-state index contributed by atoms with van der Waals surface area (Å²) in [7, 11) is 0. The molecule has 26 heavy (non-hydrogen) atoms. The Hall–Kier alpha value is -2.86. The second-order valence-corrected chi connectivity index (χ2v) is 6.62. The van der Waals surface area contributed by atoms with Crippen molar-refractivity contribution in [1.29, 1.82) is 0 Å². The summed E-state index contributed by atoms with van der Waals surface area (Å²) in [6.45, 7) is 3.19. The number of nitrogens with one attached hydrogen (secondary N) is 1. The zero-order valence-corrected chi connectivity index (χ0v) is 14.7. The van der Waals surface area contributed by atoms with E-state index in [4.69, 9.17) is 10.3 Å². The van der Waals surface area contributed by atoms with Crippen LogP contribution in [0, 0.1) is 0 Å². The third-order valence-electron chi connectivity index (χ3n) is 4.85. The summed E-state index contributed by atoms with van der Waals surface area (Å²) >= 11 is 0. The number of benzene rings is 2. The lowest BCUT2D eigenvalue weighted by Gasteiger charge is -2.13. The number of aromatic hydroxyl groups is 1. The molecule has 2 aromatic carbocycles. The second-order valence-electron chi connectivity index (χ2n) is 6.62. The number of phenolic OH excluding ortho intramolecular Hbond substituents is 1. The molecule has 1 atom stereocenters. The van der Waals surface area contributed by atoms with Crippen molar-refractivity contribution in [2.24, 2.45) is 0 Å². The van der Waals surface area contributed by atoms with Gasteiger partial charge in [0.1, 0.15) is 5.75 Å². The van der Waals surface area contributed by atoms with E-state index in [0.717, 1.165) is 31.4 Å². The van der Waals surface area contributed by atoms with Crippen molar-refractivity contribution in [3.8, 4) is 28.6 Å². The molecule has 1 aliphatic rings. The number of phenols is 1. The predicted octanol–water partition coefficient (Wildman–Crippen LogP) is 3.68. The summed E-state index contributed by atoms with van der Waals surface area (Å²) in [5, 5.41) is 17.3. The van der Waals surface area contributed by atoms with Gasteiger partial charge in [0.25, 0.3) is 5.89 Å². The Labute approximate surface area is 152 Å². The highest BCUT2D eigenvalue weighted by atomic mass is 16.5. The van der Waals surface area contributed by atoms with Crippen LogP contribution in [0.3, 0.4) is 0 Å². The lowest BCUT2D eigenvalue weighted by atomic mass is 10.0. The van der Waals surface area contributed by atoms with Crippen LogP contribution in [-0.2, 0) is 6.42 Å². The maximum atomic E-state index is 9.57. The quantitative estimate of drug-likeness (QED) is 0.480. The number of fused-ring (bicyclic) bond motifs is 1. The van der Waals surface area contributed by atoms with Gasteiger partial charge >= 0.3 is 0 Å². The van der Waals surface area contributed by atoms with Gasteiger partial charge < -0.3 is 20.7 Å². The first-order chi connectivity index (χ1) is 12.7. The van der Waals surface area contributed by atoms with Crippen LogP contribution in [0.1, 0.15) is 36.9 Å². The highest BCUT2D eigenvalue weighted by Crippen LogP contribution is 2.37. The fraction of sp³-hybridized carbons (Fsp3) is 0.300. The van der Waals surface area contributed by atoms with Crippen LogP contribution >= 0.6 is 0 Å². The number of nitrogen functional groups attached to an aromatic ring is 1. The molecule has 4 rings (SSSR count). The minimum absolute atomic E-state index is 0.0417. The maximum absolute atomic E-state index is 9.57. The number of nitrogens with two attached hydrogens (primary N) is 1. The molecular weight excluding hydrogens is 328 g/mol. The van der Waals surface area contributed by atoms with Crippen molar-refractivity contribution in [2.45, 2.75) is 32.2 Å². The van der Waals surface area contributed by atoms with Crippen molar-refractivity contribution < 1.29 is 9.63 Å². The first kappa shape index (κ1) is 16.6. The molecule has 0 aliphatic heterocycles. The molecule has 0 radical (unpaired) electrons. The van der Waals surface area contributed by atoms with Gasteiger partial charge in [-0.3, -0.25) is 0 Å². The van der Waals surface area contributed by atoms with Gasteiger partial charge in [0.15, 0.2) is 0 Å². The summed E-state index contributed by atoms with van der Waals surface area (Å²) in [6.07, 6.45) is 3.21. The van der Waals surface area contributed by atoms with E-state index in [0.29, 0.717) is 23.3 Å². The number of nitrogens with zero attached hydrogens (tertiary/aromatic N) is 2. The normalized spacial score (nSPS) is 16.0. The topological polar surface area (TPSA) is 97.2 Å². The fourth-order valence-corrected chi connectivity index (χ4v) is 3.53. The van der Waals surface area contributed by atoms with Gasteiger partial charge in [-0.05, 0) is 55.1 Å². The van der Waals surface area contributed by atoms with Crippen LogP contribution in [0.5, 0.6) is 5.75 Å². The average molecular weight is 350 g/mol. The Kier molecular flexibility index (Phi) is 4.34. The Balaban J connectivity index is 1.66. The molecule has 6 nitrogen and oxygen atoms in total. The van der Waals surface area contributed by atoms with Crippen LogP contribution in [0.25, 0.3) is 22.8 Å². The molecule has 0 bridgehead atoms. The monoisotopic (exact) mass is 350 g/mol. The van der Waals surface area contributed by atoms with E-state index in [9.17, 15) is 5.11 Å². The molecule has 0 saturated heterocycles. The Morgan fingerprint density at radius 2 is 2.19 bits per heavy atom. The van der Waals surface area contributed by atoms with Crippen molar-refractivity contribution in [1.82, 2.24) is 15.5 Å². The van der Waals surface area contributed by atoms with E-state index in [1.54, 1.807) is 12.1 Å². The zero-order chi connectivity index (χ0) is 18.1. The van der Waals surface area contributed by atoms with E-state index in [1.165, 1.54) is 17.2 Å². The van der Waals surface area contributed by atoms with Crippen molar-refractivity contribution in [3.63, 3.8) is 0 Å². The molecule has 1 heterocycles.